The molecule has 1 aromatic carbocycles. The molecule has 1 aliphatic rings. The number of pyridine rings is 1. The number of aliphatic imine (C=N–C) groups is 1. The molecule has 0 spiro atoms. The van der Waals surface area contributed by atoms with Crippen molar-refractivity contribution in [3.63, 3.8) is 0 Å². The summed E-state index contributed by atoms with van der Waals surface area (Å²) >= 11 is 0. The number of anilines is 1. The maximum atomic E-state index is 4.60. The van der Waals surface area contributed by atoms with Crippen LogP contribution in [0.15, 0.2) is 59.4 Å². The van der Waals surface area contributed by atoms with Gasteiger partial charge in [-0.1, -0.05) is 30.4 Å². The molecule has 0 saturated heterocycles. The number of nitrogens with zero attached hydrogens (tertiary/aromatic N) is 2. The second kappa shape index (κ2) is 8.83. The Hall–Kier alpha value is -2.94. The van der Waals surface area contributed by atoms with Crippen LogP contribution in [0.25, 0.3) is 11.1 Å². The van der Waals surface area contributed by atoms with Gasteiger partial charge in [-0.2, -0.15) is 0 Å². The molecule has 0 atom stereocenters. The third kappa shape index (κ3) is 4.30. The highest BCUT2D eigenvalue weighted by molar-refractivity contribution is 6.10. The van der Waals surface area contributed by atoms with Gasteiger partial charge < -0.3 is 5.32 Å². The number of rotatable bonds is 5. The first-order valence-corrected chi connectivity index (χ1v) is 9.86. The Morgan fingerprint density at radius 1 is 1.14 bits per heavy atom. The minimum atomic E-state index is 0.891. The van der Waals surface area contributed by atoms with Crippen molar-refractivity contribution in [2.24, 2.45) is 4.99 Å². The zero-order valence-electron chi connectivity index (χ0n) is 17.5. The number of hydrogen-bond donors (Lipinski definition) is 1. The zero-order valence-corrected chi connectivity index (χ0v) is 17.5. The molecular weight excluding hydrogens is 342 g/mol. The molecule has 0 radical (unpaired) electrons. The molecule has 3 heteroatoms. The van der Waals surface area contributed by atoms with Crippen LogP contribution in [0.1, 0.15) is 55.0 Å². The highest BCUT2D eigenvalue weighted by Crippen LogP contribution is 2.34. The second-order valence-electron chi connectivity index (χ2n) is 7.20. The Bertz CT molecular complexity index is 991. The average Bonchev–Trinajstić information content (AvgIpc) is 2.70. The van der Waals surface area contributed by atoms with E-state index in [2.05, 4.69) is 78.6 Å². The van der Waals surface area contributed by atoms with E-state index in [1.165, 1.54) is 33.4 Å². The van der Waals surface area contributed by atoms with E-state index < -0.39 is 0 Å². The highest BCUT2D eigenvalue weighted by atomic mass is 15.0. The van der Waals surface area contributed by atoms with E-state index in [0.29, 0.717) is 0 Å². The van der Waals surface area contributed by atoms with E-state index in [1.54, 1.807) is 0 Å². The van der Waals surface area contributed by atoms with Crippen molar-refractivity contribution in [1.29, 1.82) is 0 Å². The summed E-state index contributed by atoms with van der Waals surface area (Å²) < 4.78 is 0. The number of benzene rings is 1. The predicted molar refractivity (Wildman–Crippen MR) is 122 cm³/mol. The molecule has 0 saturated carbocycles. The number of aromatic nitrogens is 1. The van der Waals surface area contributed by atoms with Crippen molar-refractivity contribution in [3.05, 3.63) is 82.2 Å². The molecule has 1 aliphatic carbocycles. The fraction of sp³-hybridized carbons (Fsp3) is 0.280. The normalized spacial score (nSPS) is 14.8. The van der Waals surface area contributed by atoms with E-state index in [4.69, 9.17) is 0 Å². The largest absolute Gasteiger partial charge is 0.344 e. The predicted octanol–water partition coefficient (Wildman–Crippen LogP) is 6.21. The van der Waals surface area contributed by atoms with Crippen LogP contribution in [0.2, 0.25) is 0 Å². The summed E-state index contributed by atoms with van der Waals surface area (Å²) in [4.78, 5) is 8.81. The van der Waals surface area contributed by atoms with Gasteiger partial charge in [-0.3, -0.25) is 4.99 Å². The minimum Gasteiger partial charge on any atom is -0.344 e. The van der Waals surface area contributed by atoms with Gasteiger partial charge in [-0.05, 0) is 91.6 Å². The maximum Gasteiger partial charge on any atom is 0.130 e. The molecule has 28 heavy (non-hydrogen) atoms. The van der Waals surface area contributed by atoms with Crippen LogP contribution in [-0.4, -0.2) is 18.2 Å². The number of allylic oxidation sites excluding steroid dienone is 5. The fourth-order valence-corrected chi connectivity index (χ4v) is 3.59. The third-order valence-corrected chi connectivity index (χ3v) is 5.10. The van der Waals surface area contributed by atoms with E-state index >= 15 is 0 Å². The van der Waals surface area contributed by atoms with Crippen molar-refractivity contribution in [2.45, 2.75) is 40.5 Å². The van der Waals surface area contributed by atoms with Gasteiger partial charge in [0.05, 0.1) is 0 Å². The van der Waals surface area contributed by atoms with Gasteiger partial charge in [0, 0.05) is 25.2 Å². The smallest absolute Gasteiger partial charge is 0.130 e. The molecule has 3 nitrogen and oxygen atoms in total. The summed E-state index contributed by atoms with van der Waals surface area (Å²) in [6, 6.07) is 8.94. The Balaban J connectivity index is 2.07. The van der Waals surface area contributed by atoms with Crippen LogP contribution in [-0.2, 0) is 6.42 Å². The van der Waals surface area contributed by atoms with Crippen LogP contribution in [0.4, 0.5) is 5.82 Å². The van der Waals surface area contributed by atoms with Gasteiger partial charge in [-0.25, -0.2) is 4.98 Å². The molecule has 1 N–H and O–H groups in total. The summed E-state index contributed by atoms with van der Waals surface area (Å²) in [5, 5.41) is 3.38. The van der Waals surface area contributed by atoms with Crippen LogP contribution < -0.4 is 5.32 Å². The zero-order chi connectivity index (χ0) is 20.1. The van der Waals surface area contributed by atoms with Crippen LogP contribution in [0.3, 0.4) is 0 Å². The molecule has 1 heterocycles. The van der Waals surface area contributed by atoms with E-state index in [1.807, 2.05) is 26.4 Å². The lowest BCUT2D eigenvalue weighted by molar-refractivity contribution is 0.963. The second-order valence-corrected chi connectivity index (χ2v) is 7.20. The lowest BCUT2D eigenvalue weighted by Gasteiger charge is -2.20. The molecule has 0 unspecified atom stereocenters. The van der Waals surface area contributed by atoms with Gasteiger partial charge in [0.2, 0.25) is 0 Å². The van der Waals surface area contributed by atoms with Gasteiger partial charge in [-0.15, -0.1) is 0 Å². The molecule has 3 rings (SSSR count). The summed E-state index contributed by atoms with van der Waals surface area (Å²) in [6.45, 7) is 8.29. The molecular formula is C25H29N3. The van der Waals surface area contributed by atoms with E-state index in [9.17, 15) is 0 Å². The lowest BCUT2D eigenvalue weighted by atomic mass is 9.86. The first-order valence-electron chi connectivity index (χ1n) is 9.86. The average molecular weight is 372 g/mol. The molecule has 144 valence electrons. The molecule has 0 amide bonds. The number of hydrogen-bond acceptors (Lipinski definition) is 3. The van der Waals surface area contributed by atoms with Crippen molar-refractivity contribution in [3.8, 4) is 0 Å². The minimum absolute atomic E-state index is 0.891. The van der Waals surface area contributed by atoms with Crippen molar-refractivity contribution in [1.82, 2.24) is 4.98 Å². The Kier molecular flexibility index (Phi) is 6.25. The van der Waals surface area contributed by atoms with E-state index in [0.717, 1.165) is 29.9 Å². The Morgan fingerprint density at radius 2 is 1.96 bits per heavy atom. The number of nitrogens with one attached hydrogen (secondary N) is 1. The number of aryl methyl sites for hydroxylation is 2. The molecule has 0 aliphatic heterocycles. The quantitative estimate of drug-likeness (QED) is 0.635. The van der Waals surface area contributed by atoms with Crippen LogP contribution in [0.5, 0.6) is 0 Å². The summed E-state index contributed by atoms with van der Waals surface area (Å²) in [5.74, 6) is 0.891. The Labute approximate surface area is 168 Å². The summed E-state index contributed by atoms with van der Waals surface area (Å²) in [7, 11) is 1.81. The SMILES string of the molecule is C/C=C(/C)Nc1cc2c(cn1)CCC=C2c1cc(C)cc(/C(C=NC)=C/C)c1. The summed E-state index contributed by atoms with van der Waals surface area (Å²) in [6.07, 6.45) is 12.5. The van der Waals surface area contributed by atoms with Crippen molar-refractivity contribution in [2.75, 3.05) is 12.4 Å². The first kappa shape index (κ1) is 19.8. The summed E-state index contributed by atoms with van der Waals surface area (Å²) in [5.41, 5.74) is 9.82. The van der Waals surface area contributed by atoms with Gasteiger partial charge in [0.15, 0.2) is 0 Å². The van der Waals surface area contributed by atoms with Gasteiger partial charge in [0.25, 0.3) is 0 Å². The van der Waals surface area contributed by atoms with Crippen molar-refractivity contribution < 1.29 is 0 Å². The highest BCUT2D eigenvalue weighted by Gasteiger charge is 2.17. The standard InChI is InChI=1S/C25H29N3/c1-6-18(4)28-25-14-24-20(16-27-25)9-8-10-23(24)22-12-17(3)11-21(13-22)19(7-2)15-26-5/h6-7,10-16H,8-9H2,1-5H3,(H,27,28)/b18-6-,19-7+,26-15?. The molecule has 1 aromatic heterocycles. The fourth-order valence-electron chi connectivity index (χ4n) is 3.59. The third-order valence-electron chi connectivity index (χ3n) is 5.10. The van der Waals surface area contributed by atoms with E-state index in [-0.39, 0.29) is 0 Å². The van der Waals surface area contributed by atoms with Gasteiger partial charge >= 0.3 is 0 Å². The first-order chi connectivity index (χ1) is 13.5. The van der Waals surface area contributed by atoms with Crippen LogP contribution >= 0.6 is 0 Å². The lowest BCUT2D eigenvalue weighted by Crippen LogP contribution is -2.06. The van der Waals surface area contributed by atoms with Gasteiger partial charge in [0.1, 0.15) is 5.82 Å². The molecule has 0 bridgehead atoms. The van der Waals surface area contributed by atoms with Crippen LogP contribution in [0, 0.1) is 6.92 Å². The molecule has 2 aromatic rings. The van der Waals surface area contributed by atoms with Crippen molar-refractivity contribution >= 4 is 23.2 Å². The maximum absolute atomic E-state index is 4.60. The molecule has 0 fully saturated rings. The number of fused-ring (bicyclic) bond motifs is 1. The Morgan fingerprint density at radius 3 is 2.68 bits per heavy atom. The topological polar surface area (TPSA) is 37.3 Å². The monoisotopic (exact) mass is 371 g/mol.